The number of halogens is 1. The molecule has 3 rings (SSSR count). The monoisotopic (exact) mass is 622 g/mol. The Morgan fingerprint density at radius 3 is 2.45 bits per heavy atom. The molecule has 12 atom stereocenters. The van der Waals surface area contributed by atoms with Gasteiger partial charge < -0.3 is 49.5 Å². The summed E-state index contributed by atoms with van der Waals surface area (Å²) in [6.45, 7) is 2.01. The topological polar surface area (TPSA) is 277 Å². The molecule has 2 aliphatic heterocycles. The maximum atomic E-state index is 13.9. The van der Waals surface area contributed by atoms with Crippen molar-refractivity contribution >= 4 is 15.4 Å². The van der Waals surface area contributed by atoms with E-state index in [4.69, 9.17) is 19.1 Å². The van der Waals surface area contributed by atoms with Crippen LogP contribution in [0.3, 0.4) is 0 Å². The predicted octanol–water partition coefficient (Wildman–Crippen LogP) is -3.18. The second kappa shape index (κ2) is 12.3. The molecule has 1 aromatic rings. The number of phosphoric acid groups is 1. The third kappa shape index (κ3) is 6.86. The van der Waals surface area contributed by atoms with Crippen LogP contribution in [0.5, 0.6) is 0 Å². The van der Waals surface area contributed by atoms with Crippen molar-refractivity contribution < 1.29 is 71.9 Å². The van der Waals surface area contributed by atoms with Crippen molar-refractivity contribution in [3.05, 3.63) is 45.8 Å². The van der Waals surface area contributed by atoms with Gasteiger partial charge in [-0.2, -0.15) is 0 Å². The molecule has 40 heavy (non-hydrogen) atoms. The summed E-state index contributed by atoms with van der Waals surface area (Å²) in [7, 11) is -10.1. The number of aliphatic hydroxyl groups excluding tert-OH is 5. The molecule has 2 aliphatic rings. The Morgan fingerprint density at radius 2 is 1.88 bits per heavy atom. The van der Waals surface area contributed by atoms with Crippen LogP contribution < -0.4 is 11.2 Å². The van der Waals surface area contributed by atoms with Gasteiger partial charge in [0.2, 0.25) is 0 Å². The van der Waals surface area contributed by atoms with Gasteiger partial charge in [0, 0.05) is 18.9 Å². The predicted molar refractivity (Wildman–Crippen MR) is 127 cm³/mol. The van der Waals surface area contributed by atoms with Crippen molar-refractivity contribution in [3.63, 3.8) is 0 Å². The number of phosphoric ester groups is 1. The van der Waals surface area contributed by atoms with E-state index in [2.05, 4.69) is 15.4 Å². The van der Waals surface area contributed by atoms with E-state index in [1.165, 1.54) is 0 Å². The fourth-order valence-corrected chi connectivity index (χ4v) is 6.68. The van der Waals surface area contributed by atoms with Gasteiger partial charge in [0.15, 0.2) is 24.3 Å². The Bertz CT molecular complexity index is 1280. The van der Waals surface area contributed by atoms with Crippen molar-refractivity contribution in [1.82, 2.24) is 9.55 Å². The number of hydrogen-bond donors (Lipinski definition) is 8. The van der Waals surface area contributed by atoms with Gasteiger partial charge in [-0.25, -0.2) is 18.1 Å². The fourth-order valence-electron chi connectivity index (χ4n) is 3.98. The molecule has 18 nitrogen and oxygen atoms in total. The average Bonchev–Trinajstić information content (AvgIpc) is 3.12. The second-order valence-electron chi connectivity index (χ2n) is 8.94. The Balaban J connectivity index is 1.69. The van der Waals surface area contributed by atoms with Crippen LogP contribution in [-0.2, 0) is 32.0 Å². The summed E-state index contributed by atoms with van der Waals surface area (Å²) in [4.78, 5) is 35.5. The molecule has 3 heterocycles. The summed E-state index contributed by atoms with van der Waals surface area (Å²) in [5, 5.41) is 60.1. The van der Waals surface area contributed by atoms with Crippen LogP contribution in [0.4, 0.5) is 4.39 Å². The summed E-state index contributed by atoms with van der Waals surface area (Å²) in [6.07, 6.45) is -16.3. The van der Waals surface area contributed by atoms with Crippen LogP contribution in [0.1, 0.15) is 6.23 Å². The van der Waals surface area contributed by atoms with Gasteiger partial charge in [-0.05, 0) is 0 Å². The molecule has 228 valence electrons. The zero-order valence-corrected chi connectivity index (χ0v) is 22.4. The van der Waals surface area contributed by atoms with Gasteiger partial charge in [0.25, 0.3) is 5.56 Å². The van der Waals surface area contributed by atoms with Gasteiger partial charge in [0.1, 0.15) is 36.6 Å². The van der Waals surface area contributed by atoms with Crippen LogP contribution in [0.15, 0.2) is 34.5 Å². The third-order valence-electron chi connectivity index (χ3n) is 6.06. The Labute approximate surface area is 223 Å². The molecule has 2 saturated heterocycles. The van der Waals surface area contributed by atoms with Gasteiger partial charge in [-0.3, -0.25) is 23.4 Å². The van der Waals surface area contributed by atoms with Crippen LogP contribution in [0, 0.1) is 0 Å². The van der Waals surface area contributed by atoms with E-state index in [9.17, 15) is 53.5 Å². The van der Waals surface area contributed by atoms with Gasteiger partial charge in [-0.1, -0.05) is 12.7 Å². The maximum absolute atomic E-state index is 13.9. The quantitative estimate of drug-likeness (QED) is 0.0892. The van der Waals surface area contributed by atoms with E-state index in [1.54, 1.807) is 0 Å². The highest BCUT2D eigenvalue weighted by Gasteiger charge is 2.55. The van der Waals surface area contributed by atoms with Crippen LogP contribution in [-0.4, -0.2) is 120 Å². The molecule has 0 radical (unpaired) electrons. The first-order valence-corrected chi connectivity index (χ1v) is 14.8. The minimum Gasteiger partial charge on any atom is -0.393 e. The Kier molecular flexibility index (Phi) is 10.1. The van der Waals surface area contributed by atoms with E-state index in [0.717, 1.165) is 22.9 Å². The van der Waals surface area contributed by atoms with E-state index in [1.807, 2.05) is 4.98 Å². The first kappa shape index (κ1) is 32.8. The normalized spacial score (nSPS) is 38.3. The molecule has 7 unspecified atom stereocenters. The number of nitrogens with one attached hydrogen (secondary N) is 1. The van der Waals surface area contributed by atoms with Crippen LogP contribution in [0.2, 0.25) is 0 Å². The zero-order valence-electron chi connectivity index (χ0n) is 20.6. The summed E-state index contributed by atoms with van der Waals surface area (Å²) in [5.41, 5.74) is -4.10. The van der Waals surface area contributed by atoms with Crippen molar-refractivity contribution in [2.45, 2.75) is 60.9 Å². The molecular formula is C19H29FN2O16P2. The zero-order chi connectivity index (χ0) is 30.2. The molecule has 1 aromatic heterocycles. The molecule has 21 heteroatoms. The lowest BCUT2D eigenvalue weighted by atomic mass is 9.94. The van der Waals surface area contributed by atoms with Crippen molar-refractivity contribution in [2.75, 3.05) is 19.9 Å². The summed E-state index contributed by atoms with van der Waals surface area (Å²) >= 11 is 0. The van der Waals surface area contributed by atoms with Gasteiger partial charge in [-0.15, -0.1) is 0 Å². The first-order valence-electron chi connectivity index (χ1n) is 11.4. The minimum atomic E-state index is -5.51. The smallest absolute Gasteiger partial charge is 0.393 e. The van der Waals surface area contributed by atoms with E-state index in [0.29, 0.717) is 6.66 Å². The molecule has 2 fully saturated rings. The molecular weight excluding hydrogens is 593 g/mol. The molecule has 0 amide bonds. The third-order valence-corrected chi connectivity index (χ3v) is 9.16. The lowest BCUT2D eigenvalue weighted by Crippen LogP contribution is -2.60. The molecule has 0 saturated carbocycles. The molecule has 0 bridgehead atoms. The highest BCUT2D eigenvalue weighted by molar-refractivity contribution is 7.64. The number of alkyl halides is 1. The Morgan fingerprint density at radius 1 is 1.23 bits per heavy atom. The minimum absolute atomic E-state index is 0.688. The number of ether oxygens (including phenoxy) is 2. The number of hydrogen-bond acceptors (Lipinski definition) is 15. The average molecular weight is 622 g/mol. The summed E-state index contributed by atoms with van der Waals surface area (Å²) in [5.74, 6) is 0. The standard InChI is InChI=1S/C19H29FN2O16P2/c1-3-19(30)15(28)9(35-17(19)22-5-4-10(24)21-18(22)29)7-34-39(2,31)38-40(32,33)37-16-13(27)11(25)12(26)14(36-16)8(20)6-23/h3-5,8-9,11-17,23,25-28,30H,1,6-7H2,2H3,(H,32,33)(H,21,24,29)/t8-,9+,11?,12?,13?,14?,15+,16?,17+,19+,39?/m0/s1. The number of nitrogens with zero attached hydrogens (tertiary/aromatic N) is 1. The van der Waals surface area contributed by atoms with Crippen molar-refractivity contribution in [3.8, 4) is 0 Å². The van der Waals surface area contributed by atoms with E-state index < -0.39 is 101 Å². The number of H-pyrrole nitrogens is 1. The molecule has 0 aliphatic carbocycles. The largest absolute Gasteiger partial charge is 0.481 e. The molecule has 0 aromatic carbocycles. The Hall–Kier alpha value is -1.67. The lowest BCUT2D eigenvalue weighted by molar-refractivity contribution is -0.287. The summed E-state index contributed by atoms with van der Waals surface area (Å²) < 4.78 is 64.2. The maximum Gasteiger partial charge on any atom is 0.481 e. The molecule has 0 spiro atoms. The van der Waals surface area contributed by atoms with E-state index in [-0.39, 0.29) is 0 Å². The fraction of sp³-hybridized carbons (Fsp3) is 0.684. The highest BCUT2D eigenvalue weighted by Crippen LogP contribution is 2.62. The molecule has 8 N–H and O–H groups in total. The van der Waals surface area contributed by atoms with E-state index >= 15 is 0 Å². The van der Waals surface area contributed by atoms with Crippen molar-refractivity contribution in [1.29, 1.82) is 0 Å². The summed E-state index contributed by atoms with van der Waals surface area (Å²) in [6, 6.07) is 0.934. The first-order chi connectivity index (χ1) is 18.5. The SMILES string of the molecule is C=C[C@@]1(O)[C@H](O)[C@@H](COP(C)(=O)OP(=O)(O)OC2OC([C@@H](F)CO)C(O)C(O)C2O)O[C@H]1n1ccc(=O)[nH]c1=O. The number of rotatable bonds is 11. The van der Waals surface area contributed by atoms with Crippen molar-refractivity contribution in [2.24, 2.45) is 0 Å². The number of aromatic nitrogens is 2. The number of aliphatic hydroxyl groups is 6. The highest BCUT2D eigenvalue weighted by atomic mass is 31.3. The van der Waals surface area contributed by atoms with Gasteiger partial charge in [0.05, 0.1) is 13.2 Å². The number of aromatic amines is 1. The lowest BCUT2D eigenvalue weighted by Gasteiger charge is -2.41. The van der Waals surface area contributed by atoms with Crippen LogP contribution >= 0.6 is 15.4 Å². The van der Waals surface area contributed by atoms with Gasteiger partial charge >= 0.3 is 21.1 Å². The van der Waals surface area contributed by atoms with Crippen LogP contribution in [0.25, 0.3) is 0 Å². The second-order valence-corrected chi connectivity index (χ2v) is 12.5.